The number of ether oxygens (including phenoxy) is 2. The third-order valence-corrected chi connectivity index (χ3v) is 2.06. The minimum absolute atomic E-state index is 0.148. The molecule has 1 aromatic carbocycles. The van der Waals surface area contributed by atoms with Gasteiger partial charge in [-0.2, -0.15) is 0 Å². The van der Waals surface area contributed by atoms with Crippen LogP contribution in [-0.2, 0) is 19.1 Å². The molecule has 1 rings (SSSR count). The molecule has 0 saturated heterocycles. The summed E-state index contributed by atoms with van der Waals surface area (Å²) in [6, 6.07) is 6.30. The molecule has 0 unspecified atom stereocenters. The van der Waals surface area contributed by atoms with E-state index in [9.17, 15) is 9.59 Å². The highest BCUT2D eigenvalue weighted by Gasteiger charge is 2.16. The Hall–Kier alpha value is -2.30. The van der Waals surface area contributed by atoms with Gasteiger partial charge in [0.15, 0.2) is 6.61 Å². The second-order valence-electron chi connectivity index (χ2n) is 5.12. The zero-order valence-corrected chi connectivity index (χ0v) is 11.8. The van der Waals surface area contributed by atoms with Crippen LogP contribution < -0.4 is 0 Å². The van der Waals surface area contributed by atoms with Gasteiger partial charge in [-0.3, -0.25) is 0 Å². The van der Waals surface area contributed by atoms with Gasteiger partial charge in [0.25, 0.3) is 0 Å². The number of phenols is 1. The van der Waals surface area contributed by atoms with Crippen molar-refractivity contribution in [2.45, 2.75) is 26.4 Å². The lowest BCUT2D eigenvalue weighted by atomic mass is 10.2. The maximum Gasteiger partial charge on any atom is 0.344 e. The molecule has 1 aromatic rings. The number of rotatable bonds is 4. The van der Waals surface area contributed by atoms with Gasteiger partial charge in [-0.25, -0.2) is 9.59 Å². The van der Waals surface area contributed by atoms with Crippen LogP contribution in [0, 0.1) is 0 Å². The Morgan fingerprint density at radius 1 is 1.20 bits per heavy atom. The van der Waals surface area contributed by atoms with E-state index in [0.29, 0.717) is 0 Å². The van der Waals surface area contributed by atoms with Crippen LogP contribution in [0.1, 0.15) is 26.3 Å². The van der Waals surface area contributed by atoms with Gasteiger partial charge in [-0.1, -0.05) is 12.1 Å². The van der Waals surface area contributed by atoms with E-state index in [1.807, 2.05) is 0 Å². The molecule has 0 fully saturated rings. The van der Waals surface area contributed by atoms with Crippen LogP contribution in [0.5, 0.6) is 5.75 Å². The van der Waals surface area contributed by atoms with Crippen molar-refractivity contribution >= 4 is 18.0 Å². The molecule has 0 aliphatic rings. The van der Waals surface area contributed by atoms with E-state index >= 15 is 0 Å². The summed E-state index contributed by atoms with van der Waals surface area (Å²) in [7, 11) is 0. The van der Waals surface area contributed by atoms with Crippen molar-refractivity contribution in [3.05, 3.63) is 35.9 Å². The van der Waals surface area contributed by atoms with Gasteiger partial charge in [0, 0.05) is 6.08 Å². The summed E-state index contributed by atoms with van der Waals surface area (Å²) in [4.78, 5) is 22.7. The smallest absolute Gasteiger partial charge is 0.344 e. The van der Waals surface area contributed by atoms with Crippen LogP contribution in [0.4, 0.5) is 0 Å². The minimum Gasteiger partial charge on any atom is -0.508 e. The first-order chi connectivity index (χ1) is 9.26. The molecular formula is C15H18O5. The van der Waals surface area contributed by atoms with Crippen molar-refractivity contribution in [3.63, 3.8) is 0 Å². The van der Waals surface area contributed by atoms with E-state index < -0.39 is 24.1 Å². The van der Waals surface area contributed by atoms with Crippen molar-refractivity contribution in [1.82, 2.24) is 0 Å². The van der Waals surface area contributed by atoms with Gasteiger partial charge < -0.3 is 14.6 Å². The molecule has 0 aliphatic heterocycles. The number of benzene rings is 1. The highest BCUT2D eigenvalue weighted by atomic mass is 16.6. The van der Waals surface area contributed by atoms with Crippen LogP contribution in [0.25, 0.3) is 6.08 Å². The van der Waals surface area contributed by atoms with Crippen molar-refractivity contribution in [1.29, 1.82) is 0 Å². The highest BCUT2D eigenvalue weighted by Crippen LogP contribution is 2.11. The molecule has 0 aromatic heterocycles. The van der Waals surface area contributed by atoms with Gasteiger partial charge in [0.1, 0.15) is 11.4 Å². The summed E-state index contributed by atoms with van der Waals surface area (Å²) in [5.74, 6) is -1.08. The van der Waals surface area contributed by atoms with E-state index in [-0.39, 0.29) is 5.75 Å². The molecule has 1 N–H and O–H groups in total. The predicted molar refractivity (Wildman–Crippen MR) is 73.9 cm³/mol. The Bertz CT molecular complexity index is 494. The SMILES string of the molecule is CC(C)(C)OC(=O)COC(=O)/C=C/c1ccc(O)cc1. The average molecular weight is 278 g/mol. The van der Waals surface area contributed by atoms with Gasteiger partial charge in [0.05, 0.1) is 0 Å². The molecule has 0 aliphatic carbocycles. The Labute approximate surface area is 117 Å². The fourth-order valence-electron chi connectivity index (χ4n) is 1.30. The van der Waals surface area contributed by atoms with Crippen LogP contribution >= 0.6 is 0 Å². The molecule has 5 heteroatoms. The zero-order chi connectivity index (χ0) is 15.2. The standard InChI is InChI=1S/C15H18O5/c1-15(2,3)20-14(18)10-19-13(17)9-6-11-4-7-12(16)8-5-11/h4-9,16H,10H2,1-3H3/b9-6+. The summed E-state index contributed by atoms with van der Waals surface area (Å²) < 4.78 is 9.74. The largest absolute Gasteiger partial charge is 0.508 e. The summed E-state index contributed by atoms with van der Waals surface area (Å²) >= 11 is 0. The van der Waals surface area contributed by atoms with Crippen LogP contribution in [0.15, 0.2) is 30.3 Å². The summed E-state index contributed by atoms with van der Waals surface area (Å²) in [6.45, 7) is 4.78. The van der Waals surface area contributed by atoms with E-state index in [1.54, 1.807) is 32.9 Å². The molecular weight excluding hydrogens is 260 g/mol. The zero-order valence-electron chi connectivity index (χ0n) is 11.8. The molecule has 0 amide bonds. The van der Waals surface area contributed by atoms with Crippen molar-refractivity contribution in [2.75, 3.05) is 6.61 Å². The number of esters is 2. The maximum absolute atomic E-state index is 11.4. The van der Waals surface area contributed by atoms with E-state index in [2.05, 4.69) is 0 Å². The van der Waals surface area contributed by atoms with Gasteiger partial charge in [0.2, 0.25) is 0 Å². The third kappa shape index (κ3) is 6.58. The molecule has 0 radical (unpaired) electrons. The summed E-state index contributed by atoms with van der Waals surface area (Å²) in [6.07, 6.45) is 2.73. The second kappa shape index (κ2) is 6.75. The van der Waals surface area contributed by atoms with Crippen LogP contribution in [-0.4, -0.2) is 29.3 Å². The van der Waals surface area contributed by atoms with Gasteiger partial charge in [-0.05, 0) is 44.5 Å². The second-order valence-corrected chi connectivity index (χ2v) is 5.12. The van der Waals surface area contributed by atoms with E-state index in [4.69, 9.17) is 14.6 Å². The molecule has 0 spiro atoms. The van der Waals surface area contributed by atoms with Crippen molar-refractivity contribution in [3.8, 4) is 5.75 Å². The van der Waals surface area contributed by atoms with Crippen LogP contribution in [0.3, 0.4) is 0 Å². The Balaban J connectivity index is 2.40. The van der Waals surface area contributed by atoms with Crippen LogP contribution in [0.2, 0.25) is 0 Å². The minimum atomic E-state index is -0.635. The predicted octanol–water partition coefficient (Wildman–Crippen LogP) is 2.29. The van der Waals surface area contributed by atoms with E-state index in [1.165, 1.54) is 24.3 Å². The number of carbonyl (C=O) groups excluding carboxylic acids is 2. The lowest BCUT2D eigenvalue weighted by Gasteiger charge is -2.19. The summed E-state index contributed by atoms with van der Waals surface area (Å²) in [5, 5.41) is 9.11. The first kappa shape index (κ1) is 15.8. The quantitative estimate of drug-likeness (QED) is 0.675. The van der Waals surface area contributed by atoms with Crippen molar-refractivity contribution in [2.24, 2.45) is 0 Å². The van der Waals surface area contributed by atoms with E-state index in [0.717, 1.165) is 5.56 Å². The molecule has 108 valence electrons. The fourth-order valence-corrected chi connectivity index (χ4v) is 1.30. The number of carbonyl (C=O) groups is 2. The van der Waals surface area contributed by atoms with Gasteiger partial charge in [-0.15, -0.1) is 0 Å². The molecule has 0 heterocycles. The number of aromatic hydroxyl groups is 1. The molecule has 5 nitrogen and oxygen atoms in total. The highest BCUT2D eigenvalue weighted by molar-refractivity contribution is 5.88. The molecule has 0 bridgehead atoms. The Morgan fingerprint density at radius 2 is 1.80 bits per heavy atom. The Morgan fingerprint density at radius 3 is 2.35 bits per heavy atom. The molecule has 0 saturated carbocycles. The monoisotopic (exact) mass is 278 g/mol. The normalized spacial score (nSPS) is 11.3. The fraction of sp³-hybridized carbons (Fsp3) is 0.333. The lowest BCUT2D eigenvalue weighted by molar-refractivity contribution is -0.164. The van der Waals surface area contributed by atoms with Crippen molar-refractivity contribution < 1.29 is 24.2 Å². The molecule has 0 atom stereocenters. The number of hydrogen-bond acceptors (Lipinski definition) is 5. The third-order valence-electron chi connectivity index (χ3n) is 2.06. The maximum atomic E-state index is 11.4. The average Bonchev–Trinajstić information content (AvgIpc) is 2.33. The number of phenolic OH excluding ortho intramolecular Hbond substituents is 1. The van der Waals surface area contributed by atoms with Gasteiger partial charge >= 0.3 is 11.9 Å². The first-order valence-corrected chi connectivity index (χ1v) is 6.12. The molecule has 20 heavy (non-hydrogen) atoms. The first-order valence-electron chi connectivity index (χ1n) is 6.12. The lowest BCUT2D eigenvalue weighted by Crippen LogP contribution is -2.27. The Kier molecular flexibility index (Phi) is 5.32. The number of hydrogen-bond donors (Lipinski definition) is 1. The summed E-state index contributed by atoms with van der Waals surface area (Å²) in [5.41, 5.74) is 0.128. The topological polar surface area (TPSA) is 72.8 Å².